The van der Waals surface area contributed by atoms with E-state index in [-0.39, 0.29) is 11.9 Å². The van der Waals surface area contributed by atoms with Crippen LogP contribution >= 0.6 is 0 Å². The van der Waals surface area contributed by atoms with E-state index in [1.54, 1.807) is 0 Å². The summed E-state index contributed by atoms with van der Waals surface area (Å²) >= 11 is 0. The lowest BCUT2D eigenvalue weighted by atomic mass is 9.89. The molecule has 1 heterocycles. The van der Waals surface area contributed by atoms with Gasteiger partial charge in [0.1, 0.15) is 0 Å². The number of carbonyl (C=O) groups is 1. The van der Waals surface area contributed by atoms with Crippen LogP contribution in [0.5, 0.6) is 0 Å². The second-order valence-electron chi connectivity index (χ2n) is 8.49. The number of hydrogen-bond donors (Lipinski definition) is 0. The van der Waals surface area contributed by atoms with Gasteiger partial charge in [-0.05, 0) is 25.7 Å². The molecule has 0 radical (unpaired) electrons. The van der Waals surface area contributed by atoms with E-state index in [2.05, 4.69) is 6.92 Å². The maximum absolute atomic E-state index is 12.0. The average Bonchev–Trinajstić information content (AvgIpc) is 3.51. The Hall–Kier alpha value is -0.570. The van der Waals surface area contributed by atoms with E-state index in [1.165, 1.54) is 83.5 Å². The van der Waals surface area contributed by atoms with Crippen LogP contribution in [0.15, 0.2) is 0 Å². The smallest absolute Gasteiger partial charge is 0.309 e. The second kappa shape index (κ2) is 17.3. The number of ether oxygens (including phenoxy) is 2. The largest absolute Gasteiger partial charge is 0.465 e. The van der Waals surface area contributed by atoms with Gasteiger partial charge in [0.05, 0.1) is 24.7 Å². The van der Waals surface area contributed by atoms with Gasteiger partial charge in [0.25, 0.3) is 0 Å². The summed E-state index contributed by atoms with van der Waals surface area (Å²) in [5.41, 5.74) is 0. The SMILES string of the molecule is CC.CCCCCCCCCCCCCCCCOC(=O)C1CCC2OC2C1. The summed E-state index contributed by atoms with van der Waals surface area (Å²) in [6, 6.07) is 0. The molecule has 3 unspecified atom stereocenters. The van der Waals surface area contributed by atoms with Crippen molar-refractivity contribution < 1.29 is 14.3 Å². The zero-order chi connectivity index (χ0) is 20.5. The summed E-state index contributed by atoms with van der Waals surface area (Å²) < 4.78 is 10.9. The lowest BCUT2D eigenvalue weighted by Crippen LogP contribution is -2.24. The standard InChI is InChI=1S/C23H42O3.C2H6/c1-2-3-4-5-6-7-8-9-10-11-12-13-14-15-18-25-23(24)20-16-17-21-22(19-20)26-21;1-2/h20-22H,2-19H2,1H3;1-2H3. The lowest BCUT2D eigenvalue weighted by molar-refractivity contribution is -0.149. The summed E-state index contributed by atoms with van der Waals surface area (Å²) in [6.45, 7) is 6.89. The summed E-state index contributed by atoms with van der Waals surface area (Å²) in [5, 5.41) is 0. The van der Waals surface area contributed by atoms with Gasteiger partial charge in [-0.3, -0.25) is 4.79 Å². The minimum Gasteiger partial charge on any atom is -0.465 e. The molecular formula is C25H48O3. The van der Waals surface area contributed by atoms with Crippen LogP contribution in [-0.2, 0) is 14.3 Å². The third-order valence-corrected chi connectivity index (χ3v) is 6.08. The van der Waals surface area contributed by atoms with E-state index in [0.717, 1.165) is 25.7 Å². The third kappa shape index (κ3) is 12.1. The minimum absolute atomic E-state index is 0.0219. The maximum atomic E-state index is 12.0. The molecule has 1 saturated carbocycles. The van der Waals surface area contributed by atoms with E-state index in [9.17, 15) is 4.79 Å². The predicted molar refractivity (Wildman–Crippen MR) is 119 cm³/mol. The molecule has 0 spiro atoms. The minimum atomic E-state index is 0.0219. The maximum Gasteiger partial charge on any atom is 0.309 e. The van der Waals surface area contributed by atoms with E-state index >= 15 is 0 Å². The van der Waals surface area contributed by atoms with Gasteiger partial charge in [-0.1, -0.05) is 104 Å². The summed E-state index contributed by atoms with van der Waals surface area (Å²) in [5.74, 6) is 0.124. The fourth-order valence-electron chi connectivity index (χ4n) is 4.21. The van der Waals surface area contributed by atoms with E-state index < -0.39 is 0 Å². The number of unbranched alkanes of at least 4 members (excludes halogenated alkanes) is 13. The first-order valence-electron chi connectivity index (χ1n) is 12.6. The molecule has 1 aliphatic carbocycles. The monoisotopic (exact) mass is 396 g/mol. The molecule has 0 N–H and O–H groups in total. The Balaban J connectivity index is 0.00000190. The predicted octanol–water partition coefficient (Wildman–Crippen LogP) is 7.60. The number of hydrogen-bond acceptors (Lipinski definition) is 3. The molecule has 166 valence electrons. The Morgan fingerprint density at radius 3 is 1.75 bits per heavy atom. The highest BCUT2D eigenvalue weighted by molar-refractivity contribution is 5.72. The first-order valence-corrected chi connectivity index (χ1v) is 12.6. The number of fused-ring (bicyclic) bond motifs is 1. The van der Waals surface area contributed by atoms with Crippen LogP contribution < -0.4 is 0 Å². The first-order chi connectivity index (χ1) is 13.8. The van der Waals surface area contributed by atoms with Crippen molar-refractivity contribution in [3.8, 4) is 0 Å². The van der Waals surface area contributed by atoms with Crippen LogP contribution in [0.3, 0.4) is 0 Å². The van der Waals surface area contributed by atoms with Crippen molar-refractivity contribution in [3.05, 3.63) is 0 Å². The Morgan fingerprint density at radius 1 is 0.750 bits per heavy atom. The van der Waals surface area contributed by atoms with Crippen LogP contribution in [0.1, 0.15) is 130 Å². The summed E-state index contributed by atoms with van der Waals surface area (Å²) in [6.07, 6.45) is 22.7. The molecule has 0 aromatic rings. The normalized spacial score (nSPS) is 22.8. The van der Waals surface area contributed by atoms with E-state index in [0.29, 0.717) is 18.8 Å². The molecule has 2 rings (SSSR count). The molecule has 28 heavy (non-hydrogen) atoms. The van der Waals surface area contributed by atoms with E-state index in [1.807, 2.05) is 13.8 Å². The molecule has 2 fully saturated rings. The highest BCUT2D eigenvalue weighted by Gasteiger charge is 2.46. The van der Waals surface area contributed by atoms with Crippen LogP contribution in [0.4, 0.5) is 0 Å². The van der Waals surface area contributed by atoms with Crippen molar-refractivity contribution in [1.82, 2.24) is 0 Å². The molecule has 0 aromatic carbocycles. The van der Waals surface area contributed by atoms with Crippen LogP contribution in [0.2, 0.25) is 0 Å². The van der Waals surface area contributed by atoms with Gasteiger partial charge in [-0.25, -0.2) is 0 Å². The molecule has 2 aliphatic rings. The molecule has 0 bridgehead atoms. The number of rotatable bonds is 16. The summed E-state index contributed by atoms with van der Waals surface area (Å²) in [4.78, 5) is 12.0. The topological polar surface area (TPSA) is 38.8 Å². The molecule has 1 aliphatic heterocycles. The molecule has 0 amide bonds. The molecule has 3 heteroatoms. The molecule has 1 saturated heterocycles. The van der Waals surface area contributed by atoms with Crippen molar-refractivity contribution in [2.24, 2.45) is 5.92 Å². The quantitative estimate of drug-likeness (QED) is 0.153. The van der Waals surface area contributed by atoms with Crippen molar-refractivity contribution in [2.45, 2.75) is 142 Å². The zero-order valence-electron chi connectivity index (χ0n) is 19.2. The Labute approximate surface area is 175 Å². The van der Waals surface area contributed by atoms with Gasteiger partial charge in [0.2, 0.25) is 0 Å². The second-order valence-corrected chi connectivity index (χ2v) is 8.49. The zero-order valence-corrected chi connectivity index (χ0v) is 19.2. The van der Waals surface area contributed by atoms with Gasteiger partial charge in [-0.15, -0.1) is 0 Å². The Morgan fingerprint density at radius 2 is 1.25 bits per heavy atom. The Bertz CT molecular complexity index is 369. The molecule has 3 nitrogen and oxygen atoms in total. The van der Waals surface area contributed by atoms with E-state index in [4.69, 9.17) is 9.47 Å². The number of carbonyl (C=O) groups excluding carboxylic acids is 1. The fourth-order valence-corrected chi connectivity index (χ4v) is 4.21. The average molecular weight is 397 g/mol. The molecular weight excluding hydrogens is 348 g/mol. The van der Waals surface area contributed by atoms with Crippen molar-refractivity contribution in [3.63, 3.8) is 0 Å². The summed E-state index contributed by atoms with van der Waals surface area (Å²) in [7, 11) is 0. The first kappa shape index (κ1) is 25.5. The Kier molecular flexibility index (Phi) is 15.7. The van der Waals surface area contributed by atoms with Gasteiger partial charge >= 0.3 is 5.97 Å². The van der Waals surface area contributed by atoms with Crippen molar-refractivity contribution >= 4 is 5.97 Å². The van der Waals surface area contributed by atoms with Crippen LogP contribution in [0.25, 0.3) is 0 Å². The molecule has 3 atom stereocenters. The van der Waals surface area contributed by atoms with Gasteiger partial charge in [-0.2, -0.15) is 0 Å². The highest BCUT2D eigenvalue weighted by Crippen LogP contribution is 2.39. The van der Waals surface area contributed by atoms with Gasteiger partial charge in [0, 0.05) is 0 Å². The molecule has 0 aromatic heterocycles. The third-order valence-electron chi connectivity index (χ3n) is 6.08. The van der Waals surface area contributed by atoms with Crippen molar-refractivity contribution in [2.75, 3.05) is 6.61 Å². The highest BCUT2D eigenvalue weighted by atomic mass is 16.6. The number of esters is 1. The number of epoxide rings is 1. The van der Waals surface area contributed by atoms with Gasteiger partial charge < -0.3 is 9.47 Å². The van der Waals surface area contributed by atoms with Crippen molar-refractivity contribution in [1.29, 1.82) is 0 Å². The van der Waals surface area contributed by atoms with Crippen LogP contribution in [-0.4, -0.2) is 24.8 Å². The lowest BCUT2D eigenvalue weighted by Gasteiger charge is -2.17. The van der Waals surface area contributed by atoms with Gasteiger partial charge in [0.15, 0.2) is 0 Å². The van der Waals surface area contributed by atoms with Crippen LogP contribution in [0, 0.1) is 5.92 Å². The fraction of sp³-hybridized carbons (Fsp3) is 0.960.